The molecule has 0 N–H and O–H groups in total. The third-order valence-electron chi connectivity index (χ3n) is 3.40. The lowest BCUT2D eigenvalue weighted by Gasteiger charge is -2.23. The van der Waals surface area contributed by atoms with Crippen LogP contribution in [0.1, 0.15) is 5.56 Å². The second kappa shape index (κ2) is 7.45. The zero-order valence-electron chi connectivity index (χ0n) is 12.4. The summed E-state index contributed by atoms with van der Waals surface area (Å²) in [5.41, 5.74) is 2.08. The minimum Gasteiger partial charge on any atom is -0.498 e. The summed E-state index contributed by atoms with van der Waals surface area (Å²) in [6.07, 6.45) is 10.2. The van der Waals surface area contributed by atoms with Crippen molar-refractivity contribution in [2.45, 2.75) is 0 Å². The Balaban J connectivity index is 1.85. The van der Waals surface area contributed by atoms with Gasteiger partial charge in [0, 0.05) is 10.0 Å². The van der Waals surface area contributed by atoms with Crippen LogP contribution in [0.25, 0.3) is 0 Å². The Morgan fingerprint density at radius 1 is 0.913 bits per heavy atom. The molecule has 0 atom stereocenters. The van der Waals surface area contributed by atoms with E-state index in [1.807, 2.05) is 54.6 Å². The SMILES string of the molecule is Clc1cc(Cl)cc([C-](C=C2C=CC=C2)COc2ccccc2)c1. The van der Waals surface area contributed by atoms with Gasteiger partial charge < -0.3 is 4.74 Å². The molecule has 1 aliphatic rings. The quantitative estimate of drug-likeness (QED) is 0.601. The van der Waals surface area contributed by atoms with Crippen LogP contribution in [0, 0.1) is 5.92 Å². The molecule has 0 heterocycles. The van der Waals surface area contributed by atoms with E-state index in [0.717, 1.165) is 22.8 Å². The molecule has 0 fully saturated rings. The van der Waals surface area contributed by atoms with Gasteiger partial charge in [-0.3, -0.25) is 0 Å². The average Bonchev–Trinajstić information content (AvgIpc) is 3.04. The molecule has 1 nitrogen and oxygen atoms in total. The number of hydrogen-bond donors (Lipinski definition) is 0. The predicted molar refractivity (Wildman–Crippen MR) is 97.1 cm³/mol. The zero-order valence-corrected chi connectivity index (χ0v) is 13.9. The summed E-state index contributed by atoms with van der Waals surface area (Å²) in [6.45, 7) is 0.436. The van der Waals surface area contributed by atoms with Gasteiger partial charge in [-0.2, -0.15) is 0 Å². The molecule has 2 aromatic carbocycles. The van der Waals surface area contributed by atoms with E-state index >= 15 is 0 Å². The molecule has 0 unspecified atom stereocenters. The van der Waals surface area contributed by atoms with E-state index in [4.69, 9.17) is 27.9 Å². The van der Waals surface area contributed by atoms with Crippen molar-refractivity contribution >= 4 is 23.2 Å². The Morgan fingerprint density at radius 3 is 2.22 bits per heavy atom. The van der Waals surface area contributed by atoms with E-state index in [1.54, 1.807) is 6.07 Å². The number of ether oxygens (including phenoxy) is 1. The molecular weight excluding hydrogens is 327 g/mol. The summed E-state index contributed by atoms with van der Waals surface area (Å²) in [4.78, 5) is 0. The van der Waals surface area contributed by atoms with Crippen LogP contribution in [0.4, 0.5) is 0 Å². The number of benzene rings is 2. The van der Waals surface area contributed by atoms with E-state index in [1.165, 1.54) is 0 Å². The van der Waals surface area contributed by atoms with Crippen LogP contribution in [0.5, 0.6) is 5.75 Å². The molecule has 0 saturated carbocycles. The second-order valence-corrected chi connectivity index (χ2v) is 6.02. The zero-order chi connectivity index (χ0) is 16.1. The normalized spacial score (nSPS) is 12.5. The van der Waals surface area contributed by atoms with Crippen LogP contribution in [0.3, 0.4) is 0 Å². The van der Waals surface area contributed by atoms with Crippen molar-refractivity contribution < 1.29 is 4.74 Å². The lowest BCUT2D eigenvalue weighted by molar-refractivity contribution is 0.341. The molecule has 0 saturated heterocycles. The summed E-state index contributed by atoms with van der Waals surface area (Å²) in [5.74, 6) is 1.85. The summed E-state index contributed by atoms with van der Waals surface area (Å²) in [7, 11) is 0. The fraction of sp³-hybridized carbons (Fsp3) is 0.0500. The molecule has 0 spiro atoms. The smallest absolute Gasteiger partial charge is 0.118 e. The van der Waals surface area contributed by atoms with Gasteiger partial charge >= 0.3 is 0 Å². The first-order valence-corrected chi connectivity index (χ1v) is 8.03. The minimum atomic E-state index is 0.436. The van der Waals surface area contributed by atoms with Crippen molar-refractivity contribution in [1.82, 2.24) is 0 Å². The van der Waals surface area contributed by atoms with Crippen LogP contribution < -0.4 is 4.74 Å². The lowest BCUT2D eigenvalue weighted by Crippen LogP contribution is -2.10. The van der Waals surface area contributed by atoms with Gasteiger partial charge in [0.05, 0.1) is 6.61 Å². The van der Waals surface area contributed by atoms with Gasteiger partial charge in [0.25, 0.3) is 0 Å². The molecule has 0 aliphatic heterocycles. The first-order chi connectivity index (χ1) is 11.2. The highest BCUT2D eigenvalue weighted by molar-refractivity contribution is 6.34. The van der Waals surface area contributed by atoms with Gasteiger partial charge in [-0.15, -0.1) is 23.8 Å². The maximum absolute atomic E-state index is 6.14. The third kappa shape index (κ3) is 4.44. The third-order valence-corrected chi connectivity index (χ3v) is 3.84. The van der Waals surface area contributed by atoms with Crippen LogP contribution in [0.2, 0.25) is 10.0 Å². The molecule has 3 rings (SSSR count). The van der Waals surface area contributed by atoms with Gasteiger partial charge in [-0.25, -0.2) is 0 Å². The maximum Gasteiger partial charge on any atom is 0.118 e. The molecule has 116 valence electrons. The number of allylic oxidation sites excluding steroid dienone is 5. The van der Waals surface area contributed by atoms with Crippen LogP contribution >= 0.6 is 23.2 Å². The predicted octanol–water partition coefficient (Wildman–Crippen LogP) is 6.05. The number of halogens is 2. The molecule has 0 bridgehead atoms. The summed E-state index contributed by atoms with van der Waals surface area (Å²) in [5, 5.41) is 1.22. The Kier molecular flexibility index (Phi) is 5.12. The Labute approximate surface area is 146 Å². The first-order valence-electron chi connectivity index (χ1n) is 7.27. The Morgan fingerprint density at radius 2 is 1.57 bits per heavy atom. The Bertz CT molecular complexity index is 726. The summed E-state index contributed by atoms with van der Waals surface area (Å²) in [6, 6.07) is 15.3. The highest BCUT2D eigenvalue weighted by Crippen LogP contribution is 2.27. The van der Waals surface area contributed by atoms with E-state index < -0.39 is 0 Å². The minimum absolute atomic E-state index is 0.436. The molecule has 0 radical (unpaired) electrons. The second-order valence-electron chi connectivity index (χ2n) is 5.15. The number of hydrogen-bond acceptors (Lipinski definition) is 1. The van der Waals surface area contributed by atoms with Gasteiger partial charge in [-0.1, -0.05) is 77.2 Å². The fourth-order valence-corrected chi connectivity index (χ4v) is 2.84. The van der Waals surface area contributed by atoms with Gasteiger partial charge in [0.2, 0.25) is 0 Å². The largest absolute Gasteiger partial charge is 0.498 e. The van der Waals surface area contributed by atoms with Crippen molar-refractivity contribution in [3.05, 3.63) is 106 Å². The average molecular weight is 342 g/mol. The van der Waals surface area contributed by atoms with E-state index in [9.17, 15) is 0 Å². The maximum atomic E-state index is 6.14. The van der Waals surface area contributed by atoms with Gasteiger partial charge in [0.1, 0.15) is 5.75 Å². The molecule has 2 aromatic rings. The highest BCUT2D eigenvalue weighted by Gasteiger charge is 2.06. The molecular formula is C20H15Cl2O-. The van der Waals surface area contributed by atoms with Crippen molar-refractivity contribution in [2.24, 2.45) is 0 Å². The molecule has 0 aromatic heterocycles. The molecule has 0 amide bonds. The van der Waals surface area contributed by atoms with E-state index in [0.29, 0.717) is 16.7 Å². The van der Waals surface area contributed by atoms with Crippen LogP contribution in [-0.2, 0) is 0 Å². The van der Waals surface area contributed by atoms with Crippen molar-refractivity contribution in [1.29, 1.82) is 0 Å². The summed E-state index contributed by atoms with van der Waals surface area (Å²) < 4.78 is 5.90. The molecule has 23 heavy (non-hydrogen) atoms. The first kappa shape index (κ1) is 15.8. The summed E-state index contributed by atoms with van der Waals surface area (Å²) >= 11 is 12.3. The lowest BCUT2D eigenvalue weighted by atomic mass is 9.97. The number of rotatable bonds is 5. The van der Waals surface area contributed by atoms with E-state index in [2.05, 4.69) is 18.2 Å². The van der Waals surface area contributed by atoms with Gasteiger partial charge in [0.15, 0.2) is 0 Å². The fourth-order valence-electron chi connectivity index (χ4n) is 2.31. The van der Waals surface area contributed by atoms with Gasteiger partial charge in [-0.05, 0) is 18.2 Å². The van der Waals surface area contributed by atoms with Crippen LogP contribution in [-0.4, -0.2) is 6.61 Å². The standard InChI is InChI=1S/C20H15Cl2O/c21-18-11-16(12-19(22)13-18)17(10-15-6-4-5-7-15)14-23-20-8-2-1-3-9-20/h1-13H,14H2/q-1. The van der Waals surface area contributed by atoms with Crippen molar-refractivity contribution in [2.75, 3.05) is 6.61 Å². The van der Waals surface area contributed by atoms with E-state index in [-0.39, 0.29) is 0 Å². The monoisotopic (exact) mass is 341 g/mol. The molecule has 3 heteroatoms. The highest BCUT2D eigenvalue weighted by atomic mass is 35.5. The topological polar surface area (TPSA) is 9.23 Å². The van der Waals surface area contributed by atoms with Crippen molar-refractivity contribution in [3.8, 4) is 5.75 Å². The number of para-hydroxylation sites is 1. The van der Waals surface area contributed by atoms with Crippen LogP contribution in [0.15, 0.2) is 84.5 Å². The van der Waals surface area contributed by atoms with Crippen molar-refractivity contribution in [3.63, 3.8) is 0 Å². The Hall–Kier alpha value is -2.09. The molecule has 1 aliphatic carbocycles.